The van der Waals surface area contributed by atoms with Gasteiger partial charge in [0.2, 0.25) is 0 Å². The summed E-state index contributed by atoms with van der Waals surface area (Å²) in [5.74, 6) is -0.139. The summed E-state index contributed by atoms with van der Waals surface area (Å²) in [5, 5.41) is 15.7. The van der Waals surface area contributed by atoms with E-state index in [4.69, 9.17) is 0 Å². The molecule has 1 aromatic carbocycles. The van der Waals surface area contributed by atoms with Gasteiger partial charge in [0.25, 0.3) is 5.91 Å². The molecule has 2 aromatic heterocycles. The average molecular weight is 454 g/mol. The second-order valence-electron chi connectivity index (χ2n) is 7.52. The van der Waals surface area contributed by atoms with Crippen LogP contribution in [0.3, 0.4) is 0 Å². The Labute approximate surface area is 188 Å². The van der Waals surface area contributed by atoms with Crippen LogP contribution in [-0.4, -0.2) is 57.3 Å². The third-order valence-corrected chi connectivity index (χ3v) is 7.04. The van der Waals surface area contributed by atoms with Crippen LogP contribution in [-0.2, 0) is 4.79 Å². The fourth-order valence-corrected chi connectivity index (χ4v) is 5.35. The van der Waals surface area contributed by atoms with Gasteiger partial charge in [0.05, 0.1) is 27.2 Å². The first-order valence-electron chi connectivity index (χ1n) is 10.4. The Morgan fingerprint density at radius 3 is 3.06 bits per heavy atom. The van der Waals surface area contributed by atoms with E-state index in [9.17, 15) is 4.79 Å². The smallest absolute Gasteiger partial charge is 0.264 e. The molecule has 160 valence electrons. The molecule has 0 bridgehead atoms. The number of fused-ring (bicyclic) bond motifs is 1. The van der Waals surface area contributed by atoms with E-state index in [1.807, 2.05) is 24.3 Å². The maximum Gasteiger partial charge on any atom is 0.264 e. The Hall–Kier alpha value is -2.69. The van der Waals surface area contributed by atoms with Crippen molar-refractivity contribution in [2.24, 2.45) is 4.99 Å². The lowest BCUT2D eigenvalue weighted by Gasteiger charge is -2.13. The number of anilines is 1. The number of amides is 1. The molecule has 2 aliphatic rings. The summed E-state index contributed by atoms with van der Waals surface area (Å²) in [4.78, 5) is 25.4. The van der Waals surface area contributed by atoms with Gasteiger partial charge in [0.15, 0.2) is 10.3 Å². The molecule has 4 heterocycles. The van der Waals surface area contributed by atoms with Crippen LogP contribution in [0.15, 0.2) is 40.5 Å². The van der Waals surface area contributed by atoms with Crippen LogP contribution in [0.1, 0.15) is 24.1 Å². The topological polar surface area (TPSA) is 98.3 Å². The van der Waals surface area contributed by atoms with Crippen LogP contribution < -0.4 is 10.6 Å². The Morgan fingerprint density at radius 2 is 2.16 bits per heavy atom. The zero-order valence-electron chi connectivity index (χ0n) is 16.9. The third-order valence-electron chi connectivity index (χ3n) is 5.23. The van der Waals surface area contributed by atoms with Gasteiger partial charge in [-0.25, -0.2) is 9.98 Å². The van der Waals surface area contributed by atoms with Gasteiger partial charge in [0.1, 0.15) is 0 Å². The van der Waals surface area contributed by atoms with Crippen molar-refractivity contribution in [3.63, 3.8) is 0 Å². The first-order chi connectivity index (χ1) is 15.2. The minimum absolute atomic E-state index is 0.139. The number of nitrogens with zero attached hydrogens (tertiary/aromatic N) is 4. The van der Waals surface area contributed by atoms with Gasteiger partial charge in [-0.2, -0.15) is 5.10 Å². The van der Waals surface area contributed by atoms with E-state index in [1.54, 1.807) is 23.7 Å². The van der Waals surface area contributed by atoms with Crippen molar-refractivity contribution < 1.29 is 4.79 Å². The van der Waals surface area contributed by atoms with Gasteiger partial charge >= 0.3 is 0 Å². The van der Waals surface area contributed by atoms with Crippen LogP contribution in [0.5, 0.6) is 0 Å². The number of rotatable bonds is 7. The Kier molecular flexibility index (Phi) is 6.01. The SMILES string of the molecule is O=C1NC(=Nc2ccc3cn[nH]c3c2)SC1=Cc1cnc(NCCCN2CCCC2)s1. The number of benzene rings is 1. The number of aromatic amines is 1. The summed E-state index contributed by atoms with van der Waals surface area (Å²) in [5.41, 5.74) is 1.68. The lowest BCUT2D eigenvalue weighted by atomic mass is 10.2. The van der Waals surface area contributed by atoms with Crippen LogP contribution in [0.25, 0.3) is 17.0 Å². The van der Waals surface area contributed by atoms with Crippen LogP contribution >= 0.6 is 23.1 Å². The summed E-state index contributed by atoms with van der Waals surface area (Å²) >= 11 is 2.89. The first kappa shape index (κ1) is 20.2. The zero-order valence-corrected chi connectivity index (χ0v) is 18.6. The molecule has 0 atom stereocenters. The normalized spacial score (nSPS) is 19.7. The zero-order chi connectivity index (χ0) is 21.0. The lowest BCUT2D eigenvalue weighted by molar-refractivity contribution is -0.115. The number of carbonyl (C=O) groups excluding carboxylic acids is 1. The Balaban J connectivity index is 1.18. The highest BCUT2D eigenvalue weighted by Crippen LogP contribution is 2.30. The second kappa shape index (κ2) is 9.21. The summed E-state index contributed by atoms with van der Waals surface area (Å²) in [6, 6.07) is 5.77. The number of hydrogen-bond acceptors (Lipinski definition) is 8. The molecule has 31 heavy (non-hydrogen) atoms. The number of thiazole rings is 1. The number of thioether (sulfide) groups is 1. The fourth-order valence-electron chi connectivity index (χ4n) is 3.66. The van der Waals surface area contributed by atoms with E-state index in [1.165, 1.54) is 37.7 Å². The van der Waals surface area contributed by atoms with Gasteiger partial charge in [-0.1, -0.05) is 11.3 Å². The highest BCUT2D eigenvalue weighted by Gasteiger charge is 2.24. The van der Waals surface area contributed by atoms with E-state index >= 15 is 0 Å². The molecule has 5 rings (SSSR count). The highest BCUT2D eigenvalue weighted by molar-refractivity contribution is 8.18. The number of nitrogens with one attached hydrogen (secondary N) is 3. The Bertz CT molecular complexity index is 1140. The van der Waals surface area contributed by atoms with E-state index in [0.717, 1.165) is 46.1 Å². The third kappa shape index (κ3) is 4.97. The Morgan fingerprint density at radius 1 is 1.26 bits per heavy atom. The van der Waals surface area contributed by atoms with Crippen LogP contribution in [0.4, 0.5) is 10.8 Å². The molecule has 2 fully saturated rings. The summed E-state index contributed by atoms with van der Waals surface area (Å²) < 4.78 is 0. The van der Waals surface area contributed by atoms with E-state index in [0.29, 0.717) is 10.1 Å². The minimum atomic E-state index is -0.139. The van der Waals surface area contributed by atoms with E-state index in [-0.39, 0.29) is 5.91 Å². The quantitative estimate of drug-likeness (QED) is 0.372. The molecule has 0 radical (unpaired) electrons. The molecule has 3 N–H and O–H groups in total. The summed E-state index contributed by atoms with van der Waals surface area (Å²) in [7, 11) is 0. The van der Waals surface area contributed by atoms with Gasteiger partial charge in [-0.05, 0) is 74.9 Å². The van der Waals surface area contributed by atoms with E-state index < -0.39 is 0 Å². The molecule has 10 heteroatoms. The number of likely N-dealkylation sites (tertiary alicyclic amines) is 1. The molecule has 0 unspecified atom stereocenters. The average Bonchev–Trinajstić information content (AvgIpc) is 3.55. The number of aromatic nitrogens is 3. The molecular formula is C21H23N7OS2. The van der Waals surface area contributed by atoms with Gasteiger partial charge in [0, 0.05) is 18.1 Å². The van der Waals surface area contributed by atoms with Crippen molar-refractivity contribution in [1.82, 2.24) is 25.4 Å². The highest BCUT2D eigenvalue weighted by atomic mass is 32.2. The monoisotopic (exact) mass is 453 g/mol. The second-order valence-corrected chi connectivity index (χ2v) is 9.61. The lowest BCUT2D eigenvalue weighted by Crippen LogP contribution is -2.22. The first-order valence-corrected chi connectivity index (χ1v) is 12.0. The molecule has 2 aliphatic heterocycles. The van der Waals surface area contributed by atoms with Crippen LogP contribution in [0, 0.1) is 0 Å². The van der Waals surface area contributed by atoms with Crippen molar-refractivity contribution in [3.8, 4) is 0 Å². The minimum Gasteiger partial charge on any atom is -0.361 e. The maximum atomic E-state index is 12.4. The summed E-state index contributed by atoms with van der Waals surface area (Å²) in [6.45, 7) is 4.52. The molecule has 3 aromatic rings. The molecule has 0 spiro atoms. The molecule has 8 nitrogen and oxygen atoms in total. The van der Waals surface area contributed by atoms with Gasteiger partial charge in [-0.15, -0.1) is 0 Å². The van der Waals surface area contributed by atoms with Gasteiger partial charge < -0.3 is 15.5 Å². The van der Waals surface area contributed by atoms with Crippen molar-refractivity contribution in [2.75, 3.05) is 31.5 Å². The summed E-state index contributed by atoms with van der Waals surface area (Å²) in [6.07, 6.45) is 9.21. The van der Waals surface area contributed by atoms with Crippen molar-refractivity contribution in [2.45, 2.75) is 19.3 Å². The standard InChI is InChI=1S/C21H23N7OS2/c29-19-18(31-21(26-19)25-15-5-4-14-12-24-27-17(14)10-15)11-16-13-23-20(30-16)22-6-3-9-28-7-1-2-8-28/h4-5,10-13H,1-3,6-9H2,(H,22,23)(H,24,27)(H,25,26,29). The number of amidine groups is 1. The predicted octanol–water partition coefficient (Wildman–Crippen LogP) is 3.81. The number of hydrogen-bond donors (Lipinski definition) is 3. The van der Waals surface area contributed by atoms with Crippen LogP contribution in [0.2, 0.25) is 0 Å². The molecule has 0 saturated carbocycles. The van der Waals surface area contributed by atoms with Crippen molar-refractivity contribution in [1.29, 1.82) is 0 Å². The molecule has 0 aliphatic carbocycles. The number of carbonyl (C=O) groups is 1. The van der Waals surface area contributed by atoms with Crippen molar-refractivity contribution >= 4 is 62.0 Å². The fraction of sp³-hybridized carbons (Fsp3) is 0.333. The van der Waals surface area contributed by atoms with Gasteiger partial charge in [-0.3, -0.25) is 9.89 Å². The molecular weight excluding hydrogens is 430 g/mol. The largest absolute Gasteiger partial charge is 0.361 e. The number of H-pyrrole nitrogens is 1. The molecule has 2 saturated heterocycles. The predicted molar refractivity (Wildman–Crippen MR) is 128 cm³/mol. The number of aliphatic imine (C=N–C) groups is 1. The maximum absolute atomic E-state index is 12.4. The van der Waals surface area contributed by atoms with E-state index in [2.05, 4.69) is 35.7 Å². The van der Waals surface area contributed by atoms with Crippen molar-refractivity contribution in [3.05, 3.63) is 40.4 Å². The molecule has 1 amide bonds.